The minimum Gasteiger partial charge on any atom is -0.496 e. The van der Waals surface area contributed by atoms with Gasteiger partial charge in [-0.1, -0.05) is 13.0 Å². The molecule has 1 aliphatic rings. The largest absolute Gasteiger partial charge is 0.496 e. The molecule has 0 aromatic heterocycles. The highest BCUT2D eigenvalue weighted by atomic mass is 19.1. The summed E-state index contributed by atoms with van der Waals surface area (Å²) >= 11 is 0. The van der Waals surface area contributed by atoms with E-state index in [2.05, 4.69) is 5.32 Å². The molecule has 1 unspecified atom stereocenters. The van der Waals surface area contributed by atoms with Gasteiger partial charge in [-0.2, -0.15) is 0 Å². The number of ether oxygens (including phenoxy) is 2. The molecule has 98 valence electrons. The van der Waals surface area contributed by atoms with E-state index in [0.29, 0.717) is 17.9 Å². The van der Waals surface area contributed by atoms with Crippen molar-refractivity contribution in [2.45, 2.75) is 19.4 Å². The number of benzene rings is 1. The highest BCUT2D eigenvalue weighted by molar-refractivity contribution is 5.40. The number of hydrogen-bond acceptors (Lipinski definition) is 3. The molecular formula is C14H18FNO2. The van der Waals surface area contributed by atoms with Crippen LogP contribution < -0.4 is 10.1 Å². The van der Waals surface area contributed by atoms with Crippen molar-refractivity contribution in [3.63, 3.8) is 0 Å². The van der Waals surface area contributed by atoms with Crippen molar-refractivity contribution >= 4 is 0 Å². The SMILES string of the molecule is CCNC(C1=CCCO1)c1c(F)cccc1OC. The molecule has 1 N–H and O–H groups in total. The Morgan fingerprint density at radius 1 is 1.50 bits per heavy atom. The summed E-state index contributed by atoms with van der Waals surface area (Å²) in [5.41, 5.74) is 0.509. The van der Waals surface area contributed by atoms with Gasteiger partial charge in [-0.25, -0.2) is 4.39 Å². The molecule has 2 rings (SSSR count). The number of nitrogens with one attached hydrogen (secondary N) is 1. The highest BCUT2D eigenvalue weighted by Gasteiger charge is 2.26. The third kappa shape index (κ3) is 2.48. The summed E-state index contributed by atoms with van der Waals surface area (Å²) < 4.78 is 24.9. The number of halogens is 1. The van der Waals surface area contributed by atoms with Crippen LogP contribution in [0.5, 0.6) is 5.75 Å². The van der Waals surface area contributed by atoms with Crippen molar-refractivity contribution in [2.24, 2.45) is 0 Å². The summed E-state index contributed by atoms with van der Waals surface area (Å²) in [4.78, 5) is 0. The van der Waals surface area contributed by atoms with Crippen LogP contribution in [-0.2, 0) is 4.74 Å². The van der Waals surface area contributed by atoms with Gasteiger partial charge in [0.2, 0.25) is 0 Å². The van der Waals surface area contributed by atoms with E-state index in [1.807, 2.05) is 13.0 Å². The fraction of sp³-hybridized carbons (Fsp3) is 0.429. The first kappa shape index (κ1) is 12.9. The molecule has 0 saturated carbocycles. The van der Waals surface area contributed by atoms with E-state index in [1.165, 1.54) is 6.07 Å². The van der Waals surface area contributed by atoms with E-state index in [9.17, 15) is 4.39 Å². The van der Waals surface area contributed by atoms with Gasteiger partial charge in [-0.15, -0.1) is 0 Å². The first-order chi connectivity index (χ1) is 8.77. The maximum absolute atomic E-state index is 14.1. The summed E-state index contributed by atoms with van der Waals surface area (Å²) in [6.07, 6.45) is 2.87. The van der Waals surface area contributed by atoms with E-state index in [1.54, 1.807) is 19.2 Å². The van der Waals surface area contributed by atoms with Crippen LogP contribution in [0.2, 0.25) is 0 Å². The van der Waals surface area contributed by atoms with Crippen LogP contribution in [0.3, 0.4) is 0 Å². The number of likely N-dealkylation sites (N-methyl/N-ethyl adjacent to an activating group) is 1. The Labute approximate surface area is 107 Å². The molecule has 0 saturated heterocycles. The number of rotatable bonds is 5. The Morgan fingerprint density at radius 3 is 2.94 bits per heavy atom. The lowest BCUT2D eigenvalue weighted by Gasteiger charge is -2.22. The Hall–Kier alpha value is -1.55. The molecule has 0 radical (unpaired) electrons. The zero-order valence-electron chi connectivity index (χ0n) is 10.7. The molecule has 18 heavy (non-hydrogen) atoms. The molecule has 0 amide bonds. The second-order valence-corrected chi connectivity index (χ2v) is 4.09. The van der Waals surface area contributed by atoms with Gasteiger partial charge in [0, 0.05) is 6.42 Å². The molecule has 0 aliphatic carbocycles. The van der Waals surface area contributed by atoms with Gasteiger partial charge >= 0.3 is 0 Å². The second kappa shape index (κ2) is 5.87. The van der Waals surface area contributed by atoms with Crippen LogP contribution in [0.4, 0.5) is 4.39 Å². The zero-order valence-corrected chi connectivity index (χ0v) is 10.7. The molecule has 0 spiro atoms. The fourth-order valence-electron chi connectivity index (χ4n) is 2.16. The lowest BCUT2D eigenvalue weighted by Crippen LogP contribution is -2.24. The standard InChI is InChI=1S/C14H18FNO2/c1-3-16-14(12-8-5-9-18-12)13-10(15)6-4-7-11(13)17-2/h4,6-8,14,16H,3,5,9H2,1-2H3. The minimum atomic E-state index is -0.284. The lowest BCUT2D eigenvalue weighted by molar-refractivity contribution is 0.213. The van der Waals surface area contributed by atoms with Gasteiger partial charge in [0.05, 0.1) is 25.3 Å². The van der Waals surface area contributed by atoms with Crippen molar-refractivity contribution in [1.29, 1.82) is 0 Å². The molecule has 1 aromatic rings. The average molecular weight is 251 g/mol. The monoisotopic (exact) mass is 251 g/mol. The van der Waals surface area contributed by atoms with Gasteiger partial charge in [-0.3, -0.25) is 0 Å². The van der Waals surface area contributed by atoms with Crippen molar-refractivity contribution in [3.8, 4) is 5.75 Å². The average Bonchev–Trinajstić information content (AvgIpc) is 2.90. The first-order valence-corrected chi connectivity index (χ1v) is 6.16. The molecule has 1 atom stereocenters. The van der Waals surface area contributed by atoms with E-state index in [-0.39, 0.29) is 11.9 Å². The van der Waals surface area contributed by atoms with Crippen LogP contribution in [-0.4, -0.2) is 20.3 Å². The number of methoxy groups -OCH3 is 1. The summed E-state index contributed by atoms with van der Waals surface area (Å²) in [6, 6.07) is 4.56. The maximum atomic E-state index is 14.1. The molecule has 0 fully saturated rings. The molecule has 4 heteroatoms. The van der Waals surface area contributed by atoms with Gasteiger partial charge in [0.15, 0.2) is 0 Å². The molecule has 1 heterocycles. The van der Waals surface area contributed by atoms with Crippen molar-refractivity contribution < 1.29 is 13.9 Å². The lowest BCUT2D eigenvalue weighted by atomic mass is 10.0. The van der Waals surface area contributed by atoms with Crippen LogP contribution in [0.15, 0.2) is 30.0 Å². The van der Waals surface area contributed by atoms with E-state index in [0.717, 1.165) is 18.7 Å². The van der Waals surface area contributed by atoms with Crippen molar-refractivity contribution in [3.05, 3.63) is 41.4 Å². The van der Waals surface area contributed by atoms with Crippen LogP contribution in [0.25, 0.3) is 0 Å². The van der Waals surface area contributed by atoms with Crippen LogP contribution in [0, 0.1) is 5.82 Å². The maximum Gasteiger partial charge on any atom is 0.132 e. The van der Waals surface area contributed by atoms with E-state index in [4.69, 9.17) is 9.47 Å². The van der Waals surface area contributed by atoms with Crippen molar-refractivity contribution in [1.82, 2.24) is 5.32 Å². The second-order valence-electron chi connectivity index (χ2n) is 4.09. The Morgan fingerprint density at radius 2 is 2.33 bits per heavy atom. The predicted molar refractivity (Wildman–Crippen MR) is 68.0 cm³/mol. The first-order valence-electron chi connectivity index (χ1n) is 6.16. The molecule has 0 bridgehead atoms. The van der Waals surface area contributed by atoms with Gasteiger partial charge < -0.3 is 14.8 Å². The fourth-order valence-corrected chi connectivity index (χ4v) is 2.16. The number of hydrogen-bond donors (Lipinski definition) is 1. The molecule has 1 aliphatic heterocycles. The Balaban J connectivity index is 2.41. The summed E-state index contributed by atoms with van der Waals surface area (Å²) in [7, 11) is 1.55. The summed E-state index contributed by atoms with van der Waals surface area (Å²) in [6.45, 7) is 3.37. The topological polar surface area (TPSA) is 30.5 Å². The molecule has 1 aromatic carbocycles. The van der Waals surface area contributed by atoms with Crippen molar-refractivity contribution in [2.75, 3.05) is 20.3 Å². The summed E-state index contributed by atoms with van der Waals surface area (Å²) in [5.74, 6) is 1.04. The Kier molecular flexibility index (Phi) is 4.20. The minimum absolute atomic E-state index is 0.281. The predicted octanol–water partition coefficient (Wildman–Crippen LogP) is 2.79. The molecule has 3 nitrogen and oxygen atoms in total. The van der Waals surface area contributed by atoms with Crippen LogP contribution in [0.1, 0.15) is 24.9 Å². The quantitative estimate of drug-likeness (QED) is 0.873. The normalized spacial score (nSPS) is 16.1. The highest BCUT2D eigenvalue weighted by Crippen LogP contribution is 2.34. The Bertz CT molecular complexity index is 445. The molecular weight excluding hydrogens is 233 g/mol. The van der Waals surface area contributed by atoms with Gasteiger partial charge in [0.25, 0.3) is 0 Å². The zero-order chi connectivity index (χ0) is 13.0. The van der Waals surface area contributed by atoms with Crippen LogP contribution >= 0.6 is 0 Å². The van der Waals surface area contributed by atoms with E-state index < -0.39 is 0 Å². The van der Waals surface area contributed by atoms with E-state index >= 15 is 0 Å². The third-order valence-corrected chi connectivity index (χ3v) is 2.95. The smallest absolute Gasteiger partial charge is 0.132 e. The van der Waals surface area contributed by atoms with Gasteiger partial charge in [-0.05, 0) is 24.8 Å². The summed E-state index contributed by atoms with van der Waals surface area (Å²) in [5, 5.41) is 3.24. The third-order valence-electron chi connectivity index (χ3n) is 2.95. The van der Waals surface area contributed by atoms with Gasteiger partial charge in [0.1, 0.15) is 17.3 Å².